The fourth-order valence-corrected chi connectivity index (χ4v) is 2.07. The summed E-state index contributed by atoms with van der Waals surface area (Å²) in [5, 5.41) is 9.52. The maximum absolute atomic E-state index is 10.1. The summed E-state index contributed by atoms with van der Waals surface area (Å²) in [5.74, 6) is -0.666. The van der Waals surface area contributed by atoms with Crippen LogP contribution in [-0.4, -0.2) is 16.1 Å². The maximum Gasteiger partial charge on any atom is 0.303 e. The number of aromatic nitrogens is 1. The number of nitrogens with zero attached hydrogens (tertiary/aromatic N) is 1. The number of para-hydroxylation sites is 1. The van der Waals surface area contributed by atoms with Crippen LogP contribution in [0, 0.1) is 0 Å². The van der Waals surface area contributed by atoms with Crippen molar-refractivity contribution < 1.29 is 9.90 Å². The van der Waals surface area contributed by atoms with Crippen LogP contribution >= 0.6 is 0 Å². The first-order valence-corrected chi connectivity index (χ1v) is 7.75. The third-order valence-corrected chi connectivity index (χ3v) is 3.26. The van der Waals surface area contributed by atoms with Crippen molar-refractivity contribution >= 4 is 16.9 Å². The molecule has 0 spiro atoms. The summed E-state index contributed by atoms with van der Waals surface area (Å²) >= 11 is 0. The Hall–Kier alpha value is -1.90. The van der Waals surface area contributed by atoms with E-state index in [4.69, 9.17) is 5.11 Å². The molecule has 0 saturated carbocycles. The Labute approximate surface area is 127 Å². The number of hydrogen-bond acceptors (Lipinski definition) is 2. The van der Waals surface area contributed by atoms with Crippen molar-refractivity contribution in [3.63, 3.8) is 0 Å². The highest BCUT2D eigenvalue weighted by Gasteiger charge is 1.95. The normalized spacial score (nSPS) is 9.95. The van der Waals surface area contributed by atoms with Gasteiger partial charge in [0.15, 0.2) is 0 Å². The molecular formula is C18H25NO2. The largest absolute Gasteiger partial charge is 0.481 e. The third-order valence-electron chi connectivity index (χ3n) is 3.26. The Morgan fingerprint density at radius 1 is 1.00 bits per heavy atom. The molecule has 0 saturated heterocycles. The summed E-state index contributed by atoms with van der Waals surface area (Å²) < 4.78 is 0. The van der Waals surface area contributed by atoms with E-state index in [0.29, 0.717) is 6.42 Å². The molecule has 0 radical (unpaired) electrons. The fraction of sp³-hybridized carbons (Fsp3) is 0.444. The van der Waals surface area contributed by atoms with E-state index in [1.165, 1.54) is 31.1 Å². The Balaban J connectivity index is 0.000000210. The molecule has 3 heteroatoms. The number of rotatable bonds is 7. The van der Waals surface area contributed by atoms with Crippen LogP contribution in [0.15, 0.2) is 42.6 Å². The van der Waals surface area contributed by atoms with E-state index in [9.17, 15) is 4.79 Å². The van der Waals surface area contributed by atoms with Crippen molar-refractivity contribution in [3.05, 3.63) is 42.6 Å². The van der Waals surface area contributed by atoms with Crippen molar-refractivity contribution in [1.82, 2.24) is 4.98 Å². The van der Waals surface area contributed by atoms with Crippen LogP contribution in [0.1, 0.15) is 51.9 Å². The standard InChI is InChI=1S/C9H7N.C9H18O2/c1-2-6-9-8(4-1)5-3-7-10-9;1-2-3-4-5-6-7-8-9(10)11/h1-7H;2-8H2,1H3,(H,10,11). The lowest BCUT2D eigenvalue weighted by atomic mass is 10.1. The molecule has 2 aromatic rings. The summed E-state index contributed by atoms with van der Waals surface area (Å²) in [5.41, 5.74) is 1.06. The number of unbranched alkanes of at least 4 members (excludes halogenated alkanes) is 5. The van der Waals surface area contributed by atoms with E-state index in [1.807, 2.05) is 30.5 Å². The number of benzene rings is 1. The highest BCUT2D eigenvalue weighted by atomic mass is 16.4. The van der Waals surface area contributed by atoms with Gasteiger partial charge in [-0.05, 0) is 18.6 Å². The molecule has 0 atom stereocenters. The minimum absolute atomic E-state index is 0.339. The van der Waals surface area contributed by atoms with Crippen molar-refractivity contribution in [2.45, 2.75) is 51.9 Å². The Morgan fingerprint density at radius 2 is 1.67 bits per heavy atom. The molecule has 2 rings (SSSR count). The first-order chi connectivity index (χ1) is 10.2. The molecule has 0 aliphatic heterocycles. The van der Waals surface area contributed by atoms with Crippen molar-refractivity contribution in [1.29, 1.82) is 0 Å². The van der Waals surface area contributed by atoms with Gasteiger partial charge in [0, 0.05) is 18.0 Å². The van der Waals surface area contributed by atoms with Crippen LogP contribution in [0.25, 0.3) is 10.9 Å². The second-order valence-corrected chi connectivity index (χ2v) is 5.11. The average molecular weight is 287 g/mol. The lowest BCUT2D eigenvalue weighted by Gasteiger charge is -1.97. The van der Waals surface area contributed by atoms with Crippen LogP contribution in [-0.2, 0) is 4.79 Å². The highest BCUT2D eigenvalue weighted by Crippen LogP contribution is 2.08. The fourth-order valence-electron chi connectivity index (χ4n) is 2.07. The van der Waals surface area contributed by atoms with Gasteiger partial charge in [0.05, 0.1) is 5.52 Å². The first kappa shape index (κ1) is 17.2. The Morgan fingerprint density at radius 3 is 2.38 bits per heavy atom. The van der Waals surface area contributed by atoms with E-state index in [2.05, 4.69) is 24.0 Å². The molecule has 1 heterocycles. The average Bonchev–Trinajstić information content (AvgIpc) is 2.51. The van der Waals surface area contributed by atoms with Crippen molar-refractivity contribution in [3.8, 4) is 0 Å². The molecule has 0 unspecified atom stereocenters. The number of hydrogen-bond donors (Lipinski definition) is 1. The van der Waals surface area contributed by atoms with Gasteiger partial charge in [0.1, 0.15) is 0 Å². The molecule has 0 bridgehead atoms. The van der Waals surface area contributed by atoms with Gasteiger partial charge in [-0.25, -0.2) is 0 Å². The van der Waals surface area contributed by atoms with Crippen molar-refractivity contribution in [2.75, 3.05) is 0 Å². The first-order valence-electron chi connectivity index (χ1n) is 7.75. The Kier molecular flexibility index (Phi) is 8.85. The van der Waals surface area contributed by atoms with Gasteiger partial charge in [0.2, 0.25) is 0 Å². The summed E-state index contributed by atoms with van der Waals surface area (Å²) in [6.07, 6.45) is 9.06. The zero-order valence-corrected chi connectivity index (χ0v) is 12.8. The van der Waals surface area contributed by atoms with Crippen LogP contribution in [0.4, 0.5) is 0 Å². The molecule has 1 aromatic carbocycles. The Bertz CT molecular complexity index is 460. The minimum Gasteiger partial charge on any atom is -0.481 e. The lowest BCUT2D eigenvalue weighted by molar-refractivity contribution is -0.137. The van der Waals surface area contributed by atoms with Gasteiger partial charge in [-0.3, -0.25) is 9.78 Å². The highest BCUT2D eigenvalue weighted by molar-refractivity contribution is 5.77. The molecule has 0 aliphatic rings. The van der Waals surface area contributed by atoms with E-state index < -0.39 is 5.97 Å². The monoisotopic (exact) mass is 287 g/mol. The van der Waals surface area contributed by atoms with E-state index in [1.54, 1.807) is 0 Å². The summed E-state index contributed by atoms with van der Waals surface area (Å²) in [6, 6.07) is 12.1. The second kappa shape index (κ2) is 10.8. The quantitative estimate of drug-likeness (QED) is 0.724. The number of fused-ring (bicyclic) bond motifs is 1. The maximum atomic E-state index is 10.1. The zero-order valence-electron chi connectivity index (χ0n) is 12.8. The number of aliphatic carboxylic acids is 1. The van der Waals surface area contributed by atoms with Gasteiger partial charge in [-0.1, -0.05) is 63.3 Å². The molecule has 21 heavy (non-hydrogen) atoms. The zero-order chi connectivity index (χ0) is 15.3. The molecule has 1 aromatic heterocycles. The second-order valence-electron chi connectivity index (χ2n) is 5.11. The lowest BCUT2D eigenvalue weighted by Crippen LogP contribution is -1.93. The molecule has 0 amide bonds. The summed E-state index contributed by atoms with van der Waals surface area (Å²) in [7, 11) is 0. The van der Waals surface area contributed by atoms with Gasteiger partial charge < -0.3 is 5.11 Å². The molecular weight excluding hydrogens is 262 g/mol. The molecule has 0 fully saturated rings. The minimum atomic E-state index is -0.666. The van der Waals surface area contributed by atoms with E-state index >= 15 is 0 Å². The molecule has 1 N–H and O–H groups in total. The number of carboxylic acids is 1. The molecule has 0 aliphatic carbocycles. The van der Waals surface area contributed by atoms with Gasteiger partial charge in [-0.2, -0.15) is 0 Å². The van der Waals surface area contributed by atoms with Crippen LogP contribution < -0.4 is 0 Å². The predicted molar refractivity (Wildman–Crippen MR) is 87.4 cm³/mol. The van der Waals surface area contributed by atoms with Gasteiger partial charge in [0.25, 0.3) is 0 Å². The topological polar surface area (TPSA) is 50.2 Å². The predicted octanol–water partition coefficient (Wildman–Crippen LogP) is 5.06. The van der Waals surface area contributed by atoms with Crippen LogP contribution in [0.2, 0.25) is 0 Å². The number of pyridine rings is 1. The summed E-state index contributed by atoms with van der Waals surface area (Å²) in [4.78, 5) is 14.3. The van der Waals surface area contributed by atoms with E-state index in [-0.39, 0.29) is 0 Å². The third kappa shape index (κ3) is 8.08. The van der Waals surface area contributed by atoms with Crippen LogP contribution in [0.5, 0.6) is 0 Å². The molecule has 114 valence electrons. The van der Waals surface area contributed by atoms with Crippen molar-refractivity contribution in [2.24, 2.45) is 0 Å². The number of carbonyl (C=O) groups is 1. The van der Waals surface area contributed by atoms with E-state index in [0.717, 1.165) is 18.4 Å². The number of carboxylic acid groups (broad SMARTS) is 1. The SMILES string of the molecule is CCCCCCCCC(=O)O.c1ccc2ncccc2c1. The van der Waals surface area contributed by atoms with Gasteiger partial charge in [-0.15, -0.1) is 0 Å². The van der Waals surface area contributed by atoms with Gasteiger partial charge >= 0.3 is 5.97 Å². The van der Waals surface area contributed by atoms with Crippen LogP contribution in [0.3, 0.4) is 0 Å². The molecule has 3 nitrogen and oxygen atoms in total. The smallest absolute Gasteiger partial charge is 0.303 e. The summed E-state index contributed by atoms with van der Waals surface area (Å²) in [6.45, 7) is 2.18.